The van der Waals surface area contributed by atoms with Gasteiger partial charge in [-0.2, -0.15) is 0 Å². The van der Waals surface area contributed by atoms with Gasteiger partial charge in [0, 0.05) is 7.05 Å². The lowest BCUT2D eigenvalue weighted by molar-refractivity contribution is -0.157. The topological polar surface area (TPSA) is 105 Å². The predicted molar refractivity (Wildman–Crippen MR) is 102 cm³/mol. The average Bonchev–Trinajstić information content (AvgIpc) is 2.61. The van der Waals surface area contributed by atoms with Crippen LogP contribution in [0.3, 0.4) is 0 Å². The van der Waals surface area contributed by atoms with Crippen molar-refractivity contribution in [2.75, 3.05) is 7.05 Å². The summed E-state index contributed by atoms with van der Waals surface area (Å²) in [6, 6.07) is 9.01. The number of hydrogen-bond donors (Lipinski definition) is 3. The van der Waals surface area contributed by atoms with Crippen LogP contribution in [-0.2, 0) is 20.9 Å². The SMILES string of the molecule is C=CC[C@H](C(=O)NC)[C@@](NC(=O)OCc1ccccc1)(C(=O)O)C(C)(C)C. The molecule has 1 aromatic rings. The zero-order chi connectivity index (χ0) is 20.7. The minimum atomic E-state index is -1.89. The number of amides is 2. The molecule has 0 saturated carbocycles. The molecule has 7 nitrogen and oxygen atoms in total. The van der Waals surface area contributed by atoms with Gasteiger partial charge < -0.3 is 20.5 Å². The first-order valence-corrected chi connectivity index (χ1v) is 8.65. The number of hydrogen-bond acceptors (Lipinski definition) is 4. The number of aliphatic carboxylic acids is 1. The van der Waals surface area contributed by atoms with Gasteiger partial charge in [0.1, 0.15) is 6.61 Å². The van der Waals surface area contributed by atoms with Crippen LogP contribution in [0.2, 0.25) is 0 Å². The second-order valence-electron chi connectivity index (χ2n) is 7.24. The molecule has 0 heterocycles. The molecule has 0 saturated heterocycles. The summed E-state index contributed by atoms with van der Waals surface area (Å²) >= 11 is 0. The van der Waals surface area contributed by atoms with E-state index in [0.717, 1.165) is 5.56 Å². The van der Waals surface area contributed by atoms with Crippen molar-refractivity contribution in [3.63, 3.8) is 0 Å². The van der Waals surface area contributed by atoms with Crippen molar-refractivity contribution in [1.82, 2.24) is 10.6 Å². The van der Waals surface area contributed by atoms with Crippen LogP contribution in [0.4, 0.5) is 4.79 Å². The maximum atomic E-state index is 12.4. The lowest BCUT2D eigenvalue weighted by atomic mass is 9.64. The van der Waals surface area contributed by atoms with Gasteiger partial charge in [-0.1, -0.05) is 57.2 Å². The third-order valence-corrected chi connectivity index (χ3v) is 4.52. The predicted octanol–water partition coefficient (Wildman–Crippen LogP) is 2.72. The summed E-state index contributed by atoms with van der Waals surface area (Å²) in [6.07, 6.45) is 0.622. The number of alkyl carbamates (subject to hydrolysis) is 1. The Morgan fingerprint density at radius 3 is 2.26 bits per heavy atom. The van der Waals surface area contributed by atoms with Crippen molar-refractivity contribution < 1.29 is 24.2 Å². The summed E-state index contributed by atoms with van der Waals surface area (Å²) in [5.74, 6) is -2.89. The number of carbonyl (C=O) groups excluding carboxylic acids is 2. The highest BCUT2D eigenvalue weighted by molar-refractivity contribution is 5.93. The second kappa shape index (κ2) is 9.21. The lowest BCUT2D eigenvalue weighted by Gasteiger charge is -2.45. The van der Waals surface area contributed by atoms with Crippen LogP contribution >= 0.6 is 0 Å². The van der Waals surface area contributed by atoms with E-state index in [9.17, 15) is 19.5 Å². The van der Waals surface area contributed by atoms with Crippen LogP contribution < -0.4 is 10.6 Å². The molecule has 3 N–H and O–H groups in total. The Bertz CT molecular complexity index is 681. The van der Waals surface area contributed by atoms with E-state index in [4.69, 9.17) is 4.74 Å². The van der Waals surface area contributed by atoms with Crippen molar-refractivity contribution in [2.45, 2.75) is 39.3 Å². The number of allylic oxidation sites excluding steroid dienone is 1. The van der Waals surface area contributed by atoms with E-state index >= 15 is 0 Å². The zero-order valence-corrected chi connectivity index (χ0v) is 16.2. The molecule has 0 aliphatic carbocycles. The third kappa shape index (κ3) is 5.09. The highest BCUT2D eigenvalue weighted by atomic mass is 16.5. The van der Waals surface area contributed by atoms with Gasteiger partial charge in [-0.25, -0.2) is 9.59 Å². The largest absolute Gasteiger partial charge is 0.479 e. The molecule has 27 heavy (non-hydrogen) atoms. The van der Waals surface area contributed by atoms with Crippen molar-refractivity contribution in [1.29, 1.82) is 0 Å². The lowest BCUT2D eigenvalue weighted by Crippen LogP contribution is -2.69. The first-order chi connectivity index (χ1) is 12.6. The number of carboxylic acid groups (broad SMARTS) is 1. The van der Waals surface area contributed by atoms with Crippen LogP contribution in [0.5, 0.6) is 0 Å². The van der Waals surface area contributed by atoms with Gasteiger partial charge in [-0.05, 0) is 17.4 Å². The molecule has 1 rings (SSSR count). The van der Waals surface area contributed by atoms with E-state index in [2.05, 4.69) is 17.2 Å². The molecular weight excluding hydrogens is 348 g/mol. The fraction of sp³-hybridized carbons (Fsp3) is 0.450. The number of carboxylic acids is 1. The van der Waals surface area contributed by atoms with Crippen molar-refractivity contribution in [3.8, 4) is 0 Å². The van der Waals surface area contributed by atoms with E-state index in [1.165, 1.54) is 13.1 Å². The van der Waals surface area contributed by atoms with Crippen molar-refractivity contribution >= 4 is 18.0 Å². The Labute approximate surface area is 159 Å². The van der Waals surface area contributed by atoms with Gasteiger partial charge in [0.15, 0.2) is 5.54 Å². The standard InChI is InChI=1S/C20H28N2O5/c1-6-10-15(16(23)21-5)20(17(24)25,19(2,3)4)22-18(26)27-13-14-11-8-7-9-12-14/h6-9,11-12,15H,1,10,13H2,2-5H3,(H,21,23)(H,22,26)(H,24,25)/t15-,20-/m1/s1. The molecule has 2 atom stereocenters. The summed E-state index contributed by atoms with van der Waals surface area (Å²) in [5, 5.41) is 15.0. The number of benzene rings is 1. The van der Waals surface area contributed by atoms with Gasteiger partial charge in [-0.3, -0.25) is 4.79 Å². The minimum absolute atomic E-state index is 0.0153. The Morgan fingerprint density at radius 2 is 1.81 bits per heavy atom. The number of ether oxygens (including phenoxy) is 1. The van der Waals surface area contributed by atoms with Crippen LogP contribution in [-0.4, -0.2) is 35.7 Å². The molecule has 148 valence electrons. The van der Waals surface area contributed by atoms with Gasteiger partial charge in [0.2, 0.25) is 5.91 Å². The number of carbonyl (C=O) groups is 3. The molecule has 2 amide bonds. The molecule has 7 heteroatoms. The highest BCUT2D eigenvalue weighted by Crippen LogP contribution is 2.39. The Balaban J connectivity index is 3.20. The molecule has 0 bridgehead atoms. The number of nitrogens with one attached hydrogen (secondary N) is 2. The van der Waals surface area contributed by atoms with Crippen LogP contribution in [0, 0.1) is 11.3 Å². The summed E-state index contributed by atoms with van der Waals surface area (Å²) in [4.78, 5) is 37.2. The molecular formula is C20H28N2O5. The van der Waals surface area contributed by atoms with Crippen LogP contribution in [0.25, 0.3) is 0 Å². The normalized spacial score (nSPS) is 14.4. The summed E-state index contributed by atoms with van der Waals surface area (Å²) in [5.41, 5.74) is -2.13. The Kier molecular flexibility index (Phi) is 7.57. The van der Waals surface area contributed by atoms with Crippen molar-refractivity contribution in [2.24, 2.45) is 11.3 Å². The van der Waals surface area contributed by atoms with E-state index in [0.29, 0.717) is 0 Å². The van der Waals surface area contributed by atoms with E-state index in [1.807, 2.05) is 6.07 Å². The van der Waals surface area contributed by atoms with E-state index in [-0.39, 0.29) is 13.0 Å². The van der Waals surface area contributed by atoms with Gasteiger partial charge in [0.05, 0.1) is 5.92 Å². The molecule has 0 aromatic heterocycles. The van der Waals surface area contributed by atoms with Crippen molar-refractivity contribution in [3.05, 3.63) is 48.6 Å². The minimum Gasteiger partial charge on any atom is -0.479 e. The van der Waals surface area contributed by atoms with Gasteiger partial charge in [0.25, 0.3) is 0 Å². The monoisotopic (exact) mass is 376 g/mol. The first-order valence-electron chi connectivity index (χ1n) is 8.65. The molecule has 0 radical (unpaired) electrons. The fourth-order valence-electron chi connectivity index (χ4n) is 3.06. The molecule has 1 aromatic carbocycles. The quantitative estimate of drug-likeness (QED) is 0.605. The van der Waals surface area contributed by atoms with E-state index in [1.54, 1.807) is 45.0 Å². The summed E-state index contributed by atoms with van der Waals surface area (Å²) < 4.78 is 5.20. The Morgan fingerprint density at radius 1 is 1.22 bits per heavy atom. The second-order valence-corrected chi connectivity index (χ2v) is 7.24. The smallest absolute Gasteiger partial charge is 0.408 e. The molecule has 0 aliphatic rings. The summed E-state index contributed by atoms with van der Waals surface area (Å²) in [7, 11) is 1.42. The molecule has 0 aliphatic heterocycles. The zero-order valence-electron chi connectivity index (χ0n) is 16.2. The average molecular weight is 376 g/mol. The van der Waals surface area contributed by atoms with Crippen LogP contribution in [0.15, 0.2) is 43.0 Å². The Hall–Kier alpha value is -2.83. The summed E-state index contributed by atoms with van der Waals surface area (Å²) in [6.45, 7) is 8.55. The maximum absolute atomic E-state index is 12.4. The molecule has 0 unspecified atom stereocenters. The fourth-order valence-corrected chi connectivity index (χ4v) is 3.06. The maximum Gasteiger partial charge on any atom is 0.408 e. The number of rotatable bonds is 8. The van der Waals surface area contributed by atoms with Crippen LogP contribution in [0.1, 0.15) is 32.8 Å². The van der Waals surface area contributed by atoms with Gasteiger partial charge in [-0.15, -0.1) is 6.58 Å². The highest BCUT2D eigenvalue weighted by Gasteiger charge is 2.58. The van der Waals surface area contributed by atoms with E-state index < -0.39 is 34.8 Å². The first kappa shape index (κ1) is 22.2. The molecule has 0 fully saturated rings. The van der Waals surface area contributed by atoms with Gasteiger partial charge >= 0.3 is 12.1 Å². The third-order valence-electron chi connectivity index (χ3n) is 4.52. The molecule has 0 spiro atoms.